The zero-order valence-electron chi connectivity index (χ0n) is 19.4. The first kappa shape index (κ1) is 28.1. The number of carbonyl (C=O) groups excluding carboxylic acids is 3. The van der Waals surface area contributed by atoms with Crippen LogP contribution in [0.15, 0.2) is 48.8 Å². The lowest BCUT2D eigenvalue weighted by Crippen LogP contribution is -3.00. The number of aliphatic carboxylic acids is 1. The van der Waals surface area contributed by atoms with Gasteiger partial charge in [-0.05, 0) is 31.4 Å². The van der Waals surface area contributed by atoms with E-state index in [1.807, 2.05) is 0 Å². The molecule has 1 unspecified atom stereocenters. The summed E-state index contributed by atoms with van der Waals surface area (Å²) in [6.07, 6.45) is 4.65. The van der Waals surface area contributed by atoms with Gasteiger partial charge in [0, 0.05) is 37.2 Å². The van der Waals surface area contributed by atoms with Crippen LogP contribution in [0, 0.1) is 0 Å². The second-order valence-corrected chi connectivity index (χ2v) is 8.64. The molecule has 1 fully saturated rings. The second kappa shape index (κ2) is 12.0. The number of halogens is 2. The van der Waals surface area contributed by atoms with Crippen molar-refractivity contribution >= 4 is 35.4 Å². The minimum absolute atomic E-state index is 0. The van der Waals surface area contributed by atoms with E-state index in [9.17, 15) is 19.2 Å². The summed E-state index contributed by atoms with van der Waals surface area (Å²) < 4.78 is 6.96. The standard InChI is InChI=1S/C24H26ClN3O6.ClH/c1-26(15-21(30)31)22(32)17-8-7-13-28(14-17)16-34-23(33)27(2)24(12-6-5-11-20(24)29)18-9-3-4-10-19(18)25;/h3-4,7-10,13-14H,5-6,11-12,15-16H2,1-2H3;1H. The number of aromatic nitrogens is 1. The third-order valence-electron chi connectivity index (χ3n) is 5.98. The number of ether oxygens (including phenoxy) is 1. The molecule has 1 aliphatic carbocycles. The Labute approximate surface area is 214 Å². The fraction of sp³-hybridized carbons (Fsp3) is 0.375. The molecule has 0 saturated heterocycles. The van der Waals surface area contributed by atoms with E-state index in [2.05, 4.69) is 0 Å². The van der Waals surface area contributed by atoms with E-state index in [-0.39, 0.29) is 30.5 Å². The van der Waals surface area contributed by atoms with Crippen molar-refractivity contribution in [3.05, 3.63) is 64.9 Å². The van der Waals surface area contributed by atoms with Crippen LogP contribution in [0.25, 0.3) is 0 Å². The maximum atomic E-state index is 13.2. The van der Waals surface area contributed by atoms with Gasteiger partial charge in [0.1, 0.15) is 17.6 Å². The van der Waals surface area contributed by atoms with E-state index in [0.717, 1.165) is 17.7 Å². The normalized spacial score (nSPS) is 17.2. The Morgan fingerprint density at radius 2 is 1.86 bits per heavy atom. The molecule has 188 valence electrons. The number of rotatable bonds is 7. The number of nitrogens with zero attached hydrogens (tertiary/aromatic N) is 3. The zero-order valence-corrected chi connectivity index (χ0v) is 21.0. The van der Waals surface area contributed by atoms with Crippen molar-refractivity contribution in [3.63, 3.8) is 0 Å². The lowest BCUT2D eigenvalue weighted by molar-refractivity contribution is -0.727. The maximum Gasteiger partial charge on any atom is 0.415 e. The van der Waals surface area contributed by atoms with Gasteiger partial charge in [-0.1, -0.05) is 29.8 Å². The van der Waals surface area contributed by atoms with Crippen LogP contribution in [0.5, 0.6) is 0 Å². The molecule has 1 aliphatic rings. The highest BCUT2D eigenvalue weighted by Gasteiger charge is 2.48. The van der Waals surface area contributed by atoms with E-state index in [1.54, 1.807) is 36.5 Å². The monoisotopic (exact) mass is 523 g/mol. The minimum Gasteiger partial charge on any atom is -1.00 e. The van der Waals surface area contributed by atoms with E-state index in [1.165, 1.54) is 35.8 Å². The van der Waals surface area contributed by atoms with Crippen LogP contribution >= 0.6 is 11.6 Å². The predicted molar refractivity (Wildman–Crippen MR) is 122 cm³/mol. The maximum absolute atomic E-state index is 13.2. The van der Waals surface area contributed by atoms with Crippen LogP contribution in [0.2, 0.25) is 5.02 Å². The molecule has 1 N–H and O–H groups in total. The smallest absolute Gasteiger partial charge is 0.415 e. The minimum atomic E-state index is -1.21. The summed E-state index contributed by atoms with van der Waals surface area (Å²) in [5.41, 5.74) is -0.399. The molecule has 2 amide bonds. The molecule has 2 aromatic rings. The molecule has 35 heavy (non-hydrogen) atoms. The highest BCUT2D eigenvalue weighted by atomic mass is 35.5. The first-order chi connectivity index (χ1) is 16.2. The number of carbonyl (C=O) groups is 4. The Morgan fingerprint density at radius 1 is 1.14 bits per heavy atom. The molecule has 9 nitrogen and oxygen atoms in total. The summed E-state index contributed by atoms with van der Waals surface area (Å²) in [6, 6.07) is 10.1. The number of amides is 2. The lowest BCUT2D eigenvalue weighted by atomic mass is 9.74. The first-order valence-corrected chi connectivity index (χ1v) is 11.2. The summed E-state index contributed by atoms with van der Waals surface area (Å²) in [4.78, 5) is 51.9. The molecule has 0 radical (unpaired) electrons. The van der Waals surface area contributed by atoms with Crippen LogP contribution in [0.3, 0.4) is 0 Å². The number of hydrogen-bond acceptors (Lipinski definition) is 5. The Balaban J connectivity index is 0.00000432. The highest BCUT2D eigenvalue weighted by Crippen LogP contribution is 2.42. The number of carboxylic acid groups (broad SMARTS) is 1. The zero-order chi connectivity index (χ0) is 24.9. The Bertz CT molecular complexity index is 1110. The van der Waals surface area contributed by atoms with E-state index < -0.39 is 30.1 Å². The molecular weight excluding hydrogens is 497 g/mol. The van der Waals surface area contributed by atoms with Crippen molar-refractivity contribution < 1.29 is 46.0 Å². The largest absolute Gasteiger partial charge is 1.00 e. The summed E-state index contributed by atoms with van der Waals surface area (Å²) in [6.45, 7) is -0.647. The number of carboxylic acids is 1. The SMILES string of the molecule is CN(CC(=O)O)C(=O)c1ccc[n+](COC(=O)N(C)C2(c3ccccc3Cl)CCCCC2=O)c1.[Cl-]. The van der Waals surface area contributed by atoms with Crippen LogP contribution < -0.4 is 17.0 Å². The van der Waals surface area contributed by atoms with Crippen molar-refractivity contribution in [2.75, 3.05) is 20.6 Å². The van der Waals surface area contributed by atoms with Crippen molar-refractivity contribution in [1.29, 1.82) is 0 Å². The van der Waals surface area contributed by atoms with Crippen molar-refractivity contribution in [2.24, 2.45) is 0 Å². The molecule has 1 atom stereocenters. The number of ketones is 1. The average Bonchev–Trinajstić information content (AvgIpc) is 2.82. The van der Waals surface area contributed by atoms with Gasteiger partial charge < -0.3 is 27.2 Å². The van der Waals surface area contributed by atoms with Crippen molar-refractivity contribution in [1.82, 2.24) is 9.80 Å². The van der Waals surface area contributed by atoms with Gasteiger partial charge >= 0.3 is 12.1 Å². The number of hydrogen-bond donors (Lipinski definition) is 1. The molecule has 0 aliphatic heterocycles. The van der Waals surface area contributed by atoms with E-state index in [4.69, 9.17) is 21.4 Å². The molecule has 1 aromatic carbocycles. The van der Waals surface area contributed by atoms with Crippen molar-refractivity contribution in [2.45, 2.75) is 38.0 Å². The summed E-state index contributed by atoms with van der Waals surface area (Å²) in [5.74, 6) is -1.69. The van der Waals surface area contributed by atoms with Gasteiger partial charge in [-0.3, -0.25) is 19.3 Å². The van der Waals surface area contributed by atoms with Gasteiger partial charge in [0.25, 0.3) is 12.6 Å². The van der Waals surface area contributed by atoms with Crippen LogP contribution in [0.4, 0.5) is 4.79 Å². The van der Waals surface area contributed by atoms with Crippen LogP contribution in [0.1, 0.15) is 41.6 Å². The van der Waals surface area contributed by atoms with Gasteiger partial charge in [-0.2, -0.15) is 4.57 Å². The molecule has 1 saturated carbocycles. The van der Waals surface area contributed by atoms with Gasteiger partial charge in [-0.15, -0.1) is 0 Å². The molecule has 0 spiro atoms. The fourth-order valence-corrected chi connectivity index (χ4v) is 4.53. The van der Waals surface area contributed by atoms with Gasteiger partial charge in [0.05, 0.1) is 0 Å². The Morgan fingerprint density at radius 3 is 2.51 bits per heavy atom. The van der Waals surface area contributed by atoms with E-state index in [0.29, 0.717) is 23.4 Å². The van der Waals surface area contributed by atoms with Crippen LogP contribution in [-0.2, 0) is 26.6 Å². The highest BCUT2D eigenvalue weighted by molar-refractivity contribution is 6.31. The quantitative estimate of drug-likeness (QED) is 0.505. The molecule has 3 rings (SSSR count). The Kier molecular flexibility index (Phi) is 9.62. The van der Waals surface area contributed by atoms with Gasteiger partial charge in [0.2, 0.25) is 0 Å². The summed E-state index contributed by atoms with van der Waals surface area (Å²) >= 11 is 6.43. The molecule has 0 bridgehead atoms. The second-order valence-electron chi connectivity index (χ2n) is 8.23. The molecule has 1 aromatic heterocycles. The molecule has 1 heterocycles. The van der Waals surface area contributed by atoms with E-state index >= 15 is 0 Å². The van der Waals surface area contributed by atoms with Gasteiger partial charge in [-0.25, -0.2) is 4.79 Å². The third-order valence-corrected chi connectivity index (χ3v) is 6.31. The predicted octanol–water partition coefficient (Wildman–Crippen LogP) is -0.147. The average molecular weight is 524 g/mol. The lowest BCUT2D eigenvalue weighted by Gasteiger charge is -2.43. The topological polar surface area (TPSA) is 108 Å². The van der Waals surface area contributed by atoms with Crippen LogP contribution in [-0.4, -0.2) is 59.3 Å². The molecular formula is C24H27Cl2N3O6. The fourth-order valence-electron chi connectivity index (χ4n) is 4.24. The number of likely N-dealkylation sites (N-methyl/N-ethyl adjacent to an activating group) is 2. The number of Topliss-reactive ketones (excluding diaryl/α,β-unsaturated/α-hetero) is 1. The van der Waals surface area contributed by atoms with Gasteiger partial charge in [0.15, 0.2) is 18.2 Å². The van der Waals surface area contributed by atoms with Crippen molar-refractivity contribution in [3.8, 4) is 0 Å². The third kappa shape index (κ3) is 6.10. The molecule has 11 heteroatoms. The summed E-state index contributed by atoms with van der Waals surface area (Å²) in [5, 5.41) is 9.29. The Hall–Kier alpha value is -3.17. The summed E-state index contributed by atoms with van der Waals surface area (Å²) in [7, 11) is 2.92. The number of benzene rings is 1. The first-order valence-electron chi connectivity index (χ1n) is 10.8. The number of pyridine rings is 1.